The van der Waals surface area contributed by atoms with Crippen molar-refractivity contribution in [3.05, 3.63) is 82.7 Å². The van der Waals surface area contributed by atoms with Gasteiger partial charge in [0.05, 0.1) is 5.56 Å². The monoisotopic (exact) mass is 398 g/mol. The molecule has 148 valence electrons. The first kappa shape index (κ1) is 19.0. The van der Waals surface area contributed by atoms with E-state index >= 15 is 0 Å². The molecule has 2 aromatic carbocycles. The van der Waals surface area contributed by atoms with Crippen LogP contribution in [0, 0.1) is 0 Å². The number of ketones is 1. The third kappa shape index (κ3) is 3.94. The zero-order chi connectivity index (χ0) is 20.6. The lowest BCUT2D eigenvalue weighted by molar-refractivity contribution is -0.137. The molecule has 0 fully saturated rings. The summed E-state index contributed by atoms with van der Waals surface area (Å²) in [4.78, 5) is 27.2. The number of carbonyl (C=O) groups excluding carboxylic acids is 2. The first-order chi connectivity index (χ1) is 13.8. The van der Waals surface area contributed by atoms with E-state index in [0.29, 0.717) is 29.8 Å². The number of aromatic amines is 1. The van der Waals surface area contributed by atoms with Crippen molar-refractivity contribution in [2.24, 2.45) is 0 Å². The predicted molar refractivity (Wildman–Crippen MR) is 102 cm³/mol. The minimum absolute atomic E-state index is 0.0708. The quantitative estimate of drug-likeness (QED) is 0.677. The average Bonchev–Trinajstić information content (AvgIpc) is 3.07. The molecule has 0 unspecified atom stereocenters. The molecular weight excluding hydrogens is 381 g/mol. The lowest BCUT2D eigenvalue weighted by atomic mass is 10.0. The van der Waals surface area contributed by atoms with Crippen LogP contribution in [0.4, 0.5) is 13.2 Å². The van der Waals surface area contributed by atoms with Crippen molar-refractivity contribution < 1.29 is 22.8 Å². The molecular formula is C22H17F3N2O2. The van der Waals surface area contributed by atoms with Crippen molar-refractivity contribution in [3.8, 4) is 11.1 Å². The number of benzene rings is 2. The number of Topliss-reactive ketones (excluding diaryl/α,β-unsaturated/α-hetero) is 1. The molecule has 0 radical (unpaired) electrons. The minimum Gasteiger partial charge on any atom is -0.354 e. The van der Waals surface area contributed by atoms with E-state index in [1.165, 1.54) is 12.1 Å². The van der Waals surface area contributed by atoms with Crippen LogP contribution in [0.3, 0.4) is 0 Å². The van der Waals surface area contributed by atoms with Gasteiger partial charge in [0.1, 0.15) is 5.69 Å². The molecule has 7 heteroatoms. The molecule has 0 saturated heterocycles. The van der Waals surface area contributed by atoms with Gasteiger partial charge in [-0.2, -0.15) is 13.2 Å². The van der Waals surface area contributed by atoms with Crippen LogP contribution < -0.4 is 5.32 Å². The maximum absolute atomic E-state index is 12.7. The number of hydrogen-bond acceptors (Lipinski definition) is 2. The van der Waals surface area contributed by atoms with Gasteiger partial charge in [0.15, 0.2) is 5.78 Å². The van der Waals surface area contributed by atoms with E-state index in [4.69, 9.17) is 0 Å². The van der Waals surface area contributed by atoms with Crippen molar-refractivity contribution in [3.63, 3.8) is 0 Å². The summed E-state index contributed by atoms with van der Waals surface area (Å²) >= 11 is 0. The predicted octanol–water partition coefficient (Wildman–Crippen LogP) is 4.61. The maximum atomic E-state index is 12.7. The van der Waals surface area contributed by atoms with Crippen molar-refractivity contribution in [2.75, 3.05) is 6.54 Å². The topological polar surface area (TPSA) is 62.0 Å². The van der Waals surface area contributed by atoms with Gasteiger partial charge in [-0.1, -0.05) is 36.4 Å². The number of halogens is 3. The molecule has 2 N–H and O–H groups in total. The van der Waals surface area contributed by atoms with Gasteiger partial charge in [-0.3, -0.25) is 9.59 Å². The van der Waals surface area contributed by atoms with Gasteiger partial charge >= 0.3 is 6.18 Å². The van der Waals surface area contributed by atoms with Gasteiger partial charge in [0.2, 0.25) is 0 Å². The Balaban J connectivity index is 1.52. The molecule has 0 aliphatic carbocycles. The fourth-order valence-electron chi connectivity index (χ4n) is 3.40. The third-order valence-electron chi connectivity index (χ3n) is 4.93. The number of aromatic nitrogens is 1. The maximum Gasteiger partial charge on any atom is 0.416 e. The largest absolute Gasteiger partial charge is 0.416 e. The van der Waals surface area contributed by atoms with Crippen molar-refractivity contribution in [1.82, 2.24) is 10.3 Å². The molecule has 1 aliphatic heterocycles. The number of fused-ring (bicyclic) bond motifs is 1. The van der Waals surface area contributed by atoms with Crippen LogP contribution in [-0.2, 0) is 12.6 Å². The van der Waals surface area contributed by atoms with Crippen LogP contribution in [-0.4, -0.2) is 23.2 Å². The Bertz CT molecular complexity index is 1030. The van der Waals surface area contributed by atoms with E-state index in [1.54, 1.807) is 6.07 Å². The molecule has 0 bridgehead atoms. The number of rotatable bonds is 3. The fourth-order valence-corrected chi connectivity index (χ4v) is 3.40. The Labute approximate surface area is 164 Å². The molecule has 3 aromatic rings. The molecule has 4 nitrogen and oxygen atoms in total. The molecule has 1 aromatic heterocycles. The highest BCUT2D eigenvalue weighted by atomic mass is 19.4. The Morgan fingerprint density at radius 1 is 0.897 bits per heavy atom. The van der Waals surface area contributed by atoms with Crippen molar-refractivity contribution in [2.45, 2.75) is 19.0 Å². The van der Waals surface area contributed by atoms with Gasteiger partial charge in [0, 0.05) is 30.6 Å². The standard InChI is InChI=1S/C22H17F3N2O2/c23-22(24,25)16-7-5-15(6-8-16)14-3-1-13(2-4-14)11-17-12-18-19(28)9-10-26-21(29)20(18)27-17/h1-8,12,27H,9-11H2,(H,26,29). The number of nitrogens with one attached hydrogen (secondary N) is 2. The summed E-state index contributed by atoms with van der Waals surface area (Å²) in [6.45, 7) is 0.334. The lowest BCUT2D eigenvalue weighted by Crippen LogP contribution is -2.23. The van der Waals surface area contributed by atoms with Crippen molar-refractivity contribution >= 4 is 11.7 Å². The van der Waals surface area contributed by atoms with Crippen LogP contribution in [0.2, 0.25) is 0 Å². The second-order valence-electron chi connectivity index (χ2n) is 6.96. The Kier molecular flexibility index (Phi) is 4.74. The first-order valence-corrected chi connectivity index (χ1v) is 9.11. The van der Waals surface area contributed by atoms with Crippen molar-refractivity contribution in [1.29, 1.82) is 0 Å². The van der Waals surface area contributed by atoms with E-state index in [2.05, 4.69) is 10.3 Å². The van der Waals surface area contributed by atoms with E-state index in [9.17, 15) is 22.8 Å². The molecule has 0 spiro atoms. The number of H-pyrrole nitrogens is 1. The Morgan fingerprint density at radius 3 is 2.14 bits per heavy atom. The van der Waals surface area contributed by atoms with Gasteiger partial charge in [-0.05, 0) is 34.9 Å². The smallest absolute Gasteiger partial charge is 0.354 e. The van der Waals surface area contributed by atoms with Crippen LogP contribution in [0.15, 0.2) is 54.6 Å². The summed E-state index contributed by atoms with van der Waals surface area (Å²) in [5.41, 5.74) is 3.23. The number of amides is 1. The number of carbonyl (C=O) groups is 2. The second-order valence-corrected chi connectivity index (χ2v) is 6.96. The van der Waals surface area contributed by atoms with Crippen LogP contribution >= 0.6 is 0 Å². The van der Waals surface area contributed by atoms with Gasteiger partial charge < -0.3 is 10.3 Å². The van der Waals surface area contributed by atoms with Crippen LogP contribution in [0.1, 0.15) is 44.1 Å². The van der Waals surface area contributed by atoms with Crippen LogP contribution in [0.25, 0.3) is 11.1 Å². The lowest BCUT2D eigenvalue weighted by Gasteiger charge is -2.08. The highest BCUT2D eigenvalue weighted by molar-refractivity contribution is 6.09. The summed E-state index contributed by atoms with van der Waals surface area (Å²) in [5.74, 6) is -0.353. The van der Waals surface area contributed by atoms with E-state index < -0.39 is 11.7 Å². The first-order valence-electron chi connectivity index (χ1n) is 9.11. The second kappa shape index (κ2) is 7.24. The molecule has 0 saturated carbocycles. The van der Waals surface area contributed by atoms with E-state index in [0.717, 1.165) is 29.0 Å². The molecule has 29 heavy (non-hydrogen) atoms. The van der Waals surface area contributed by atoms with Gasteiger partial charge in [0.25, 0.3) is 5.91 Å². The highest BCUT2D eigenvalue weighted by Crippen LogP contribution is 2.31. The number of hydrogen-bond donors (Lipinski definition) is 2. The zero-order valence-corrected chi connectivity index (χ0v) is 15.3. The Hall–Kier alpha value is -3.35. The summed E-state index contributed by atoms with van der Waals surface area (Å²) in [7, 11) is 0. The van der Waals surface area contributed by atoms with E-state index in [1.807, 2.05) is 24.3 Å². The summed E-state index contributed by atoms with van der Waals surface area (Å²) in [6, 6.07) is 14.2. The normalized spacial score (nSPS) is 14.3. The molecule has 0 atom stereocenters. The third-order valence-corrected chi connectivity index (χ3v) is 4.93. The minimum atomic E-state index is -4.35. The SMILES string of the molecule is O=C1CCNC(=O)c2[nH]c(Cc3ccc(-c4ccc(C(F)(F)F)cc4)cc3)cc21. The van der Waals surface area contributed by atoms with E-state index in [-0.39, 0.29) is 18.1 Å². The summed E-state index contributed by atoms with van der Waals surface area (Å²) < 4.78 is 38.1. The zero-order valence-electron chi connectivity index (χ0n) is 15.3. The Morgan fingerprint density at radius 2 is 1.52 bits per heavy atom. The number of alkyl halides is 3. The van der Waals surface area contributed by atoms with Crippen LogP contribution in [0.5, 0.6) is 0 Å². The fraction of sp³-hybridized carbons (Fsp3) is 0.182. The molecule has 2 heterocycles. The summed E-state index contributed by atoms with van der Waals surface area (Å²) in [5, 5.41) is 2.69. The van der Waals surface area contributed by atoms with Gasteiger partial charge in [-0.15, -0.1) is 0 Å². The highest BCUT2D eigenvalue weighted by Gasteiger charge is 2.30. The molecule has 1 aliphatic rings. The molecule has 1 amide bonds. The average molecular weight is 398 g/mol. The van der Waals surface area contributed by atoms with Gasteiger partial charge in [-0.25, -0.2) is 0 Å². The molecule has 4 rings (SSSR count). The summed E-state index contributed by atoms with van der Waals surface area (Å²) in [6.07, 6.45) is -3.58.